The molecule has 2 aromatic rings. The lowest BCUT2D eigenvalue weighted by molar-refractivity contribution is 0.217. The van der Waals surface area contributed by atoms with E-state index in [2.05, 4.69) is 31.9 Å². The predicted octanol–water partition coefficient (Wildman–Crippen LogP) is 4.19. The van der Waals surface area contributed by atoms with E-state index >= 15 is 0 Å². The van der Waals surface area contributed by atoms with Crippen molar-refractivity contribution in [2.45, 2.75) is 13.0 Å². The first kappa shape index (κ1) is 11.9. The van der Waals surface area contributed by atoms with Gasteiger partial charge in [0.2, 0.25) is 0 Å². The molecule has 1 unspecified atom stereocenters. The molecule has 1 atom stereocenters. The van der Waals surface area contributed by atoms with Crippen LogP contribution in [-0.2, 0) is 0 Å². The second-order valence-electron chi connectivity index (χ2n) is 3.50. The molecule has 0 aliphatic heterocycles. The number of furan rings is 1. The fourth-order valence-electron chi connectivity index (χ4n) is 1.57. The topological polar surface area (TPSA) is 33.4 Å². The van der Waals surface area contributed by atoms with Crippen molar-refractivity contribution in [1.82, 2.24) is 0 Å². The maximum atomic E-state index is 10.3. The second-order valence-corrected chi connectivity index (χ2v) is 5.27. The van der Waals surface area contributed by atoms with Crippen molar-refractivity contribution in [2.75, 3.05) is 0 Å². The van der Waals surface area contributed by atoms with Crippen LogP contribution in [-0.4, -0.2) is 5.11 Å². The summed E-state index contributed by atoms with van der Waals surface area (Å²) in [6.07, 6.45) is 0.908. The third-order valence-electron chi connectivity index (χ3n) is 2.45. The quantitative estimate of drug-likeness (QED) is 0.885. The van der Waals surface area contributed by atoms with E-state index in [1.807, 2.05) is 25.1 Å². The Morgan fingerprint density at radius 3 is 2.56 bits per heavy atom. The first-order valence-corrected chi connectivity index (χ1v) is 6.35. The van der Waals surface area contributed by atoms with E-state index in [1.165, 1.54) is 0 Å². The molecule has 0 aliphatic carbocycles. The highest BCUT2D eigenvalue weighted by Crippen LogP contribution is 2.32. The van der Waals surface area contributed by atoms with Gasteiger partial charge in [-0.3, -0.25) is 0 Å². The maximum absolute atomic E-state index is 10.3. The molecule has 0 aliphatic rings. The summed E-state index contributed by atoms with van der Waals surface area (Å²) in [6, 6.07) is 7.50. The molecule has 0 bridgehead atoms. The Kier molecular flexibility index (Phi) is 3.52. The number of aryl methyl sites for hydroxylation is 1. The van der Waals surface area contributed by atoms with Crippen molar-refractivity contribution in [3.05, 3.63) is 56.4 Å². The van der Waals surface area contributed by atoms with Gasteiger partial charge < -0.3 is 9.52 Å². The molecule has 84 valence electrons. The summed E-state index contributed by atoms with van der Waals surface area (Å²) in [5.41, 5.74) is 1.61. The normalized spacial score (nSPS) is 12.8. The number of aliphatic hydroxyl groups excluding tert-OH is 1. The Balaban J connectivity index is 2.45. The molecular weight excluding hydrogens is 336 g/mol. The van der Waals surface area contributed by atoms with E-state index < -0.39 is 6.10 Å². The summed E-state index contributed by atoms with van der Waals surface area (Å²) in [5.74, 6) is 0.736. The molecule has 2 rings (SSSR count). The maximum Gasteiger partial charge on any atom is 0.109 e. The average molecular weight is 346 g/mol. The van der Waals surface area contributed by atoms with E-state index in [1.54, 1.807) is 12.3 Å². The van der Waals surface area contributed by atoms with Crippen LogP contribution in [0.25, 0.3) is 0 Å². The van der Waals surface area contributed by atoms with Crippen LogP contribution in [0.1, 0.15) is 23.0 Å². The molecule has 1 aromatic carbocycles. The molecule has 16 heavy (non-hydrogen) atoms. The van der Waals surface area contributed by atoms with Crippen LogP contribution < -0.4 is 0 Å². The van der Waals surface area contributed by atoms with Gasteiger partial charge in [-0.05, 0) is 31.2 Å². The Morgan fingerprint density at radius 2 is 1.94 bits per heavy atom. The molecule has 1 aromatic heterocycles. The molecule has 1 heterocycles. The van der Waals surface area contributed by atoms with E-state index in [0.717, 1.165) is 25.8 Å². The lowest BCUT2D eigenvalue weighted by atomic mass is 10.0. The first-order chi connectivity index (χ1) is 7.59. The summed E-state index contributed by atoms with van der Waals surface area (Å²) in [4.78, 5) is 0. The minimum Gasteiger partial charge on any atom is -0.469 e. The van der Waals surface area contributed by atoms with Crippen molar-refractivity contribution < 1.29 is 9.52 Å². The van der Waals surface area contributed by atoms with E-state index in [4.69, 9.17) is 4.42 Å². The number of benzene rings is 1. The van der Waals surface area contributed by atoms with Crippen LogP contribution in [0, 0.1) is 6.92 Å². The summed E-state index contributed by atoms with van der Waals surface area (Å²) in [7, 11) is 0. The lowest BCUT2D eigenvalue weighted by Crippen LogP contribution is -2.00. The summed E-state index contributed by atoms with van der Waals surface area (Å²) in [5, 5.41) is 10.3. The van der Waals surface area contributed by atoms with Crippen LogP contribution in [0.2, 0.25) is 0 Å². The van der Waals surface area contributed by atoms with Gasteiger partial charge in [0, 0.05) is 20.1 Å². The Bertz CT molecular complexity index is 505. The fraction of sp³-hybridized carbons (Fsp3) is 0.167. The van der Waals surface area contributed by atoms with Crippen molar-refractivity contribution in [3.8, 4) is 0 Å². The van der Waals surface area contributed by atoms with Crippen molar-refractivity contribution in [1.29, 1.82) is 0 Å². The minimum absolute atomic E-state index is 0.675. The molecule has 2 nitrogen and oxygen atoms in total. The number of hydrogen-bond donors (Lipinski definition) is 1. The summed E-state index contributed by atoms with van der Waals surface area (Å²) in [6.45, 7) is 1.84. The zero-order chi connectivity index (χ0) is 11.7. The molecular formula is C12H10Br2O2. The minimum atomic E-state index is -0.675. The van der Waals surface area contributed by atoms with E-state index in [9.17, 15) is 5.11 Å². The van der Waals surface area contributed by atoms with Crippen molar-refractivity contribution in [2.24, 2.45) is 0 Å². The fourth-order valence-corrected chi connectivity index (χ4v) is 2.41. The van der Waals surface area contributed by atoms with Gasteiger partial charge in [-0.2, -0.15) is 0 Å². The Morgan fingerprint density at radius 1 is 1.19 bits per heavy atom. The second kappa shape index (κ2) is 4.73. The van der Waals surface area contributed by atoms with Gasteiger partial charge in [-0.1, -0.05) is 31.9 Å². The third-order valence-corrected chi connectivity index (χ3v) is 3.66. The largest absolute Gasteiger partial charge is 0.469 e. The lowest BCUT2D eigenvalue weighted by Gasteiger charge is -2.12. The van der Waals surface area contributed by atoms with Gasteiger partial charge in [-0.15, -0.1) is 0 Å². The molecule has 0 saturated carbocycles. The van der Waals surface area contributed by atoms with Crippen LogP contribution in [0.5, 0.6) is 0 Å². The van der Waals surface area contributed by atoms with E-state index in [-0.39, 0.29) is 0 Å². The first-order valence-electron chi connectivity index (χ1n) is 4.76. The predicted molar refractivity (Wildman–Crippen MR) is 69.3 cm³/mol. The van der Waals surface area contributed by atoms with Gasteiger partial charge in [0.05, 0.1) is 6.26 Å². The molecule has 0 fully saturated rings. The standard InChI is InChI=1S/C12H10Br2O2/c1-7-9(4-5-16-7)12(15)10-6-8(13)2-3-11(10)14/h2-6,12,15H,1H3. The van der Waals surface area contributed by atoms with Gasteiger partial charge in [-0.25, -0.2) is 0 Å². The Labute approximate surface area is 111 Å². The third kappa shape index (κ3) is 2.24. The summed E-state index contributed by atoms with van der Waals surface area (Å²) >= 11 is 6.82. The molecule has 0 spiro atoms. The van der Waals surface area contributed by atoms with Crippen LogP contribution in [0.3, 0.4) is 0 Å². The monoisotopic (exact) mass is 344 g/mol. The molecule has 1 N–H and O–H groups in total. The van der Waals surface area contributed by atoms with Crippen molar-refractivity contribution in [3.63, 3.8) is 0 Å². The van der Waals surface area contributed by atoms with Crippen LogP contribution in [0.15, 0.2) is 43.9 Å². The zero-order valence-corrected chi connectivity index (χ0v) is 11.7. The number of hydrogen-bond acceptors (Lipinski definition) is 2. The molecule has 0 radical (unpaired) electrons. The number of halogens is 2. The van der Waals surface area contributed by atoms with Gasteiger partial charge in [0.1, 0.15) is 11.9 Å². The van der Waals surface area contributed by atoms with Crippen LogP contribution >= 0.6 is 31.9 Å². The van der Waals surface area contributed by atoms with Gasteiger partial charge >= 0.3 is 0 Å². The summed E-state index contributed by atoms with van der Waals surface area (Å²) < 4.78 is 7.00. The number of rotatable bonds is 2. The van der Waals surface area contributed by atoms with E-state index in [0.29, 0.717) is 0 Å². The van der Waals surface area contributed by atoms with Crippen LogP contribution in [0.4, 0.5) is 0 Å². The van der Waals surface area contributed by atoms with Crippen molar-refractivity contribution >= 4 is 31.9 Å². The Hall–Kier alpha value is -0.580. The smallest absolute Gasteiger partial charge is 0.109 e. The van der Waals surface area contributed by atoms with Gasteiger partial charge in [0.15, 0.2) is 0 Å². The molecule has 4 heteroatoms. The van der Waals surface area contributed by atoms with Gasteiger partial charge in [0.25, 0.3) is 0 Å². The number of aliphatic hydroxyl groups is 1. The molecule has 0 saturated heterocycles. The highest BCUT2D eigenvalue weighted by atomic mass is 79.9. The molecule has 0 amide bonds. The SMILES string of the molecule is Cc1occc1C(O)c1cc(Br)ccc1Br. The highest BCUT2D eigenvalue weighted by molar-refractivity contribution is 9.11. The average Bonchev–Trinajstić information content (AvgIpc) is 2.67. The zero-order valence-electron chi connectivity index (χ0n) is 8.58. The highest BCUT2D eigenvalue weighted by Gasteiger charge is 2.17.